The topological polar surface area (TPSA) is 73.7 Å². The zero-order valence-corrected chi connectivity index (χ0v) is 15.7. The van der Waals surface area contributed by atoms with E-state index in [1.165, 1.54) is 6.07 Å². The van der Waals surface area contributed by atoms with Crippen molar-refractivity contribution in [3.05, 3.63) is 54.5 Å². The Balaban J connectivity index is 1.35. The molecule has 146 valence electrons. The summed E-state index contributed by atoms with van der Waals surface area (Å²) in [5, 5.41) is 12.1. The van der Waals surface area contributed by atoms with Crippen LogP contribution in [0.2, 0.25) is 0 Å². The molecule has 0 aliphatic carbocycles. The van der Waals surface area contributed by atoms with Crippen LogP contribution in [-0.2, 0) is 11.2 Å². The largest absolute Gasteiger partial charge is 0.508 e. The molecule has 0 bridgehead atoms. The molecular weight excluding hydrogens is 356 g/mol. The molecule has 0 spiro atoms. The zero-order valence-electron chi connectivity index (χ0n) is 15.7. The van der Waals surface area contributed by atoms with E-state index in [1.54, 1.807) is 12.3 Å². The maximum atomic E-state index is 9.99. The predicted octanol–water partition coefficient (Wildman–Crippen LogP) is 3.90. The fourth-order valence-corrected chi connectivity index (χ4v) is 3.33. The SMILES string of the molecule is Oc1cc(CCOc2cncc3ccccc23)nc(OCC2CCCCO2)c1. The first-order valence-electron chi connectivity index (χ1n) is 9.68. The minimum absolute atomic E-state index is 0.101. The number of aromatic hydroxyl groups is 1. The average molecular weight is 380 g/mol. The van der Waals surface area contributed by atoms with E-state index in [1.807, 2.05) is 30.5 Å². The molecule has 1 fully saturated rings. The van der Waals surface area contributed by atoms with E-state index in [9.17, 15) is 5.11 Å². The van der Waals surface area contributed by atoms with Crippen LogP contribution in [0.1, 0.15) is 25.0 Å². The molecule has 0 radical (unpaired) electrons. The summed E-state index contributed by atoms with van der Waals surface area (Å²) >= 11 is 0. The number of hydrogen-bond acceptors (Lipinski definition) is 6. The number of rotatable bonds is 7. The molecule has 3 aromatic rings. The van der Waals surface area contributed by atoms with Gasteiger partial charge in [-0.3, -0.25) is 4.98 Å². The normalized spacial score (nSPS) is 16.8. The first kappa shape index (κ1) is 18.5. The van der Waals surface area contributed by atoms with Crippen LogP contribution in [0.3, 0.4) is 0 Å². The Morgan fingerprint density at radius 2 is 2.04 bits per heavy atom. The highest BCUT2D eigenvalue weighted by Gasteiger charge is 2.15. The fraction of sp³-hybridized carbons (Fsp3) is 0.364. The fourth-order valence-electron chi connectivity index (χ4n) is 3.33. The molecule has 1 aliphatic rings. The second kappa shape index (κ2) is 8.89. The lowest BCUT2D eigenvalue weighted by atomic mass is 10.1. The third-order valence-corrected chi connectivity index (χ3v) is 4.78. The van der Waals surface area contributed by atoms with Crippen molar-refractivity contribution >= 4 is 10.8 Å². The van der Waals surface area contributed by atoms with Crippen molar-refractivity contribution < 1.29 is 19.3 Å². The summed E-state index contributed by atoms with van der Waals surface area (Å²) in [4.78, 5) is 8.70. The summed E-state index contributed by atoms with van der Waals surface area (Å²) in [5.74, 6) is 1.29. The summed E-state index contributed by atoms with van der Waals surface area (Å²) in [6.45, 7) is 1.67. The van der Waals surface area contributed by atoms with Gasteiger partial charge in [-0.05, 0) is 19.3 Å². The van der Waals surface area contributed by atoms with Gasteiger partial charge in [-0.15, -0.1) is 0 Å². The van der Waals surface area contributed by atoms with Crippen LogP contribution >= 0.6 is 0 Å². The van der Waals surface area contributed by atoms with Crippen LogP contribution < -0.4 is 9.47 Å². The average Bonchev–Trinajstić information content (AvgIpc) is 2.73. The van der Waals surface area contributed by atoms with Crippen molar-refractivity contribution in [3.8, 4) is 17.4 Å². The van der Waals surface area contributed by atoms with Crippen molar-refractivity contribution in [2.24, 2.45) is 0 Å². The van der Waals surface area contributed by atoms with Crippen LogP contribution in [0.15, 0.2) is 48.8 Å². The lowest BCUT2D eigenvalue weighted by Gasteiger charge is -2.22. The van der Waals surface area contributed by atoms with E-state index >= 15 is 0 Å². The minimum Gasteiger partial charge on any atom is -0.508 e. The summed E-state index contributed by atoms with van der Waals surface area (Å²) < 4.78 is 17.3. The van der Waals surface area contributed by atoms with Gasteiger partial charge in [0, 0.05) is 42.1 Å². The molecule has 6 heteroatoms. The molecule has 3 heterocycles. The molecule has 1 unspecified atom stereocenters. The highest BCUT2D eigenvalue weighted by atomic mass is 16.5. The molecule has 1 atom stereocenters. The minimum atomic E-state index is 0.101. The van der Waals surface area contributed by atoms with E-state index in [4.69, 9.17) is 14.2 Å². The summed E-state index contributed by atoms with van der Waals surface area (Å²) in [5.41, 5.74) is 0.716. The molecule has 0 saturated carbocycles. The Bertz CT molecular complexity index is 920. The van der Waals surface area contributed by atoms with Gasteiger partial charge in [0.05, 0.1) is 24.6 Å². The Kier molecular flexibility index (Phi) is 5.87. The van der Waals surface area contributed by atoms with Gasteiger partial charge in [-0.1, -0.05) is 24.3 Å². The number of pyridine rings is 2. The van der Waals surface area contributed by atoms with E-state index < -0.39 is 0 Å². The molecular formula is C22H24N2O4. The summed E-state index contributed by atoms with van der Waals surface area (Å²) in [6, 6.07) is 11.1. The van der Waals surface area contributed by atoms with Gasteiger partial charge in [-0.25, -0.2) is 4.98 Å². The van der Waals surface area contributed by atoms with Crippen molar-refractivity contribution in [1.29, 1.82) is 0 Å². The standard InChI is InChI=1S/C22H24N2O4/c25-18-11-17(24-22(12-18)28-15-19-6-3-4-9-26-19)8-10-27-21-14-23-13-16-5-1-2-7-20(16)21/h1-2,5,7,11-14,19H,3-4,6,8-10,15H2,(H,24,25). The van der Waals surface area contributed by atoms with Gasteiger partial charge in [0.25, 0.3) is 0 Å². The number of hydrogen-bond donors (Lipinski definition) is 1. The van der Waals surface area contributed by atoms with Crippen molar-refractivity contribution in [2.75, 3.05) is 19.8 Å². The van der Waals surface area contributed by atoms with E-state index in [0.29, 0.717) is 31.2 Å². The maximum Gasteiger partial charge on any atom is 0.217 e. The first-order valence-corrected chi connectivity index (χ1v) is 9.68. The highest BCUT2D eigenvalue weighted by Crippen LogP contribution is 2.24. The monoisotopic (exact) mass is 380 g/mol. The van der Waals surface area contributed by atoms with Crippen molar-refractivity contribution in [1.82, 2.24) is 9.97 Å². The Morgan fingerprint density at radius 1 is 1.11 bits per heavy atom. The van der Waals surface area contributed by atoms with Crippen molar-refractivity contribution in [2.45, 2.75) is 31.8 Å². The quantitative estimate of drug-likeness (QED) is 0.670. The van der Waals surface area contributed by atoms with E-state index in [2.05, 4.69) is 9.97 Å². The van der Waals surface area contributed by atoms with Gasteiger partial charge in [0.1, 0.15) is 18.1 Å². The molecule has 1 aromatic carbocycles. The number of ether oxygens (including phenoxy) is 3. The van der Waals surface area contributed by atoms with Crippen LogP contribution in [0.5, 0.6) is 17.4 Å². The lowest BCUT2D eigenvalue weighted by Crippen LogP contribution is -2.26. The van der Waals surface area contributed by atoms with Crippen LogP contribution in [0.4, 0.5) is 0 Å². The number of benzene rings is 1. The lowest BCUT2D eigenvalue weighted by molar-refractivity contribution is -0.0120. The zero-order chi connectivity index (χ0) is 19.2. The van der Waals surface area contributed by atoms with E-state index in [-0.39, 0.29) is 11.9 Å². The second-order valence-electron chi connectivity index (χ2n) is 6.91. The first-order chi connectivity index (χ1) is 13.8. The predicted molar refractivity (Wildman–Crippen MR) is 106 cm³/mol. The summed E-state index contributed by atoms with van der Waals surface area (Å²) in [6.07, 6.45) is 7.45. The van der Waals surface area contributed by atoms with Crippen LogP contribution in [-0.4, -0.2) is 41.0 Å². The Hall–Kier alpha value is -2.86. The molecule has 1 saturated heterocycles. The molecule has 0 amide bonds. The molecule has 28 heavy (non-hydrogen) atoms. The molecule has 1 N–H and O–H groups in total. The number of aromatic nitrogens is 2. The Labute approximate surface area is 164 Å². The second-order valence-corrected chi connectivity index (χ2v) is 6.91. The van der Waals surface area contributed by atoms with Crippen LogP contribution in [0, 0.1) is 0 Å². The number of nitrogens with zero attached hydrogens (tertiary/aromatic N) is 2. The summed E-state index contributed by atoms with van der Waals surface area (Å²) in [7, 11) is 0. The third kappa shape index (κ3) is 4.70. The molecule has 6 nitrogen and oxygen atoms in total. The number of fused-ring (bicyclic) bond motifs is 1. The van der Waals surface area contributed by atoms with Gasteiger partial charge in [-0.2, -0.15) is 0 Å². The Morgan fingerprint density at radius 3 is 2.93 bits per heavy atom. The van der Waals surface area contributed by atoms with E-state index in [0.717, 1.165) is 42.4 Å². The molecule has 4 rings (SSSR count). The smallest absolute Gasteiger partial charge is 0.217 e. The van der Waals surface area contributed by atoms with Gasteiger partial charge in [0.15, 0.2) is 0 Å². The highest BCUT2D eigenvalue weighted by molar-refractivity contribution is 5.87. The third-order valence-electron chi connectivity index (χ3n) is 4.78. The maximum absolute atomic E-state index is 9.99. The van der Waals surface area contributed by atoms with Gasteiger partial charge in [0.2, 0.25) is 5.88 Å². The molecule has 1 aliphatic heterocycles. The van der Waals surface area contributed by atoms with Gasteiger partial charge < -0.3 is 19.3 Å². The van der Waals surface area contributed by atoms with Crippen molar-refractivity contribution in [3.63, 3.8) is 0 Å². The van der Waals surface area contributed by atoms with Gasteiger partial charge >= 0.3 is 0 Å². The molecule has 2 aromatic heterocycles. The van der Waals surface area contributed by atoms with Crippen LogP contribution in [0.25, 0.3) is 10.8 Å².